The van der Waals surface area contributed by atoms with Crippen LogP contribution >= 0.6 is 0 Å². The monoisotopic (exact) mass is 411 g/mol. The van der Waals surface area contributed by atoms with Crippen molar-refractivity contribution in [3.8, 4) is 17.2 Å². The molecule has 3 aromatic rings. The standard InChI is InChI=1S/C22H25N3O5/c1-5-6-7-15-13-17(25-20(24-15)8-9-23-25)16(22(26)27)10-14-11-18(28-2)21(30-4)19(12-14)29-3/h8-13H,5-7H2,1-4H3,(H,26,27)/b16-10+. The SMILES string of the molecule is CCCCc1cc(/C(=C\c2cc(OC)c(OC)c(OC)c2)C(=O)O)n2nccc2n1. The number of ether oxygens (including phenoxy) is 3. The molecule has 0 aliphatic carbocycles. The van der Waals surface area contributed by atoms with Gasteiger partial charge in [-0.05, 0) is 42.7 Å². The third-order valence-corrected chi connectivity index (χ3v) is 4.70. The van der Waals surface area contributed by atoms with Crippen molar-refractivity contribution in [1.29, 1.82) is 0 Å². The van der Waals surface area contributed by atoms with E-state index in [1.165, 1.54) is 25.8 Å². The molecule has 0 aliphatic rings. The molecule has 0 aliphatic heterocycles. The number of carboxylic acid groups (broad SMARTS) is 1. The van der Waals surface area contributed by atoms with Gasteiger partial charge < -0.3 is 19.3 Å². The van der Waals surface area contributed by atoms with Gasteiger partial charge in [0, 0.05) is 11.8 Å². The Kier molecular flexibility index (Phi) is 6.56. The van der Waals surface area contributed by atoms with Crippen LogP contribution in [0.15, 0.2) is 30.5 Å². The average molecular weight is 411 g/mol. The molecule has 0 spiro atoms. The van der Waals surface area contributed by atoms with Crippen LogP contribution in [-0.2, 0) is 11.2 Å². The number of hydrogen-bond donors (Lipinski definition) is 1. The van der Waals surface area contributed by atoms with Crippen LogP contribution in [0.2, 0.25) is 0 Å². The number of benzene rings is 1. The zero-order valence-electron chi connectivity index (χ0n) is 17.5. The van der Waals surface area contributed by atoms with Crippen molar-refractivity contribution in [2.45, 2.75) is 26.2 Å². The Bertz CT molecular complexity index is 1060. The predicted molar refractivity (Wildman–Crippen MR) is 113 cm³/mol. The number of carbonyl (C=O) groups is 1. The van der Waals surface area contributed by atoms with Gasteiger partial charge in [-0.25, -0.2) is 14.3 Å². The summed E-state index contributed by atoms with van der Waals surface area (Å²) >= 11 is 0. The van der Waals surface area contributed by atoms with Crippen LogP contribution in [-0.4, -0.2) is 47.0 Å². The van der Waals surface area contributed by atoms with Gasteiger partial charge in [0.25, 0.3) is 0 Å². The highest BCUT2D eigenvalue weighted by molar-refractivity contribution is 6.20. The van der Waals surface area contributed by atoms with Crippen LogP contribution in [0.25, 0.3) is 17.3 Å². The number of nitrogens with zero attached hydrogens (tertiary/aromatic N) is 3. The molecule has 0 bridgehead atoms. The molecule has 0 amide bonds. The highest BCUT2D eigenvalue weighted by Crippen LogP contribution is 2.39. The van der Waals surface area contributed by atoms with E-state index in [0.29, 0.717) is 34.2 Å². The third-order valence-electron chi connectivity index (χ3n) is 4.70. The summed E-state index contributed by atoms with van der Waals surface area (Å²) < 4.78 is 17.6. The number of rotatable bonds is 9. The van der Waals surface area contributed by atoms with E-state index in [1.807, 2.05) is 0 Å². The summed E-state index contributed by atoms with van der Waals surface area (Å²) in [4.78, 5) is 16.8. The summed E-state index contributed by atoms with van der Waals surface area (Å²) in [6.07, 6.45) is 5.92. The molecular weight excluding hydrogens is 386 g/mol. The maximum absolute atomic E-state index is 12.2. The molecule has 1 N–H and O–H groups in total. The van der Waals surface area contributed by atoms with Crippen molar-refractivity contribution in [2.24, 2.45) is 0 Å². The molecule has 30 heavy (non-hydrogen) atoms. The van der Waals surface area contributed by atoms with E-state index < -0.39 is 5.97 Å². The average Bonchev–Trinajstić information content (AvgIpc) is 3.23. The Morgan fingerprint density at radius 2 is 1.83 bits per heavy atom. The summed E-state index contributed by atoms with van der Waals surface area (Å²) in [6, 6.07) is 6.94. The summed E-state index contributed by atoms with van der Waals surface area (Å²) in [5, 5.41) is 14.2. The van der Waals surface area contributed by atoms with Crippen molar-refractivity contribution in [3.63, 3.8) is 0 Å². The Balaban J connectivity index is 2.19. The first-order chi connectivity index (χ1) is 14.5. The highest BCUT2D eigenvalue weighted by atomic mass is 16.5. The first-order valence-electron chi connectivity index (χ1n) is 9.61. The van der Waals surface area contributed by atoms with Gasteiger partial charge in [-0.3, -0.25) is 0 Å². The molecule has 0 atom stereocenters. The van der Waals surface area contributed by atoms with E-state index in [0.717, 1.165) is 25.0 Å². The summed E-state index contributed by atoms with van der Waals surface area (Å²) in [5.41, 5.74) is 2.57. The maximum Gasteiger partial charge on any atom is 0.337 e. The first kappa shape index (κ1) is 21.2. The van der Waals surface area contributed by atoms with Crippen LogP contribution in [0.3, 0.4) is 0 Å². The minimum Gasteiger partial charge on any atom is -0.493 e. The number of aryl methyl sites for hydroxylation is 1. The second-order valence-corrected chi connectivity index (χ2v) is 6.66. The Labute approximate surface area is 174 Å². The Morgan fingerprint density at radius 3 is 2.40 bits per heavy atom. The number of unbranched alkanes of at least 4 members (excludes halogenated alkanes) is 1. The second kappa shape index (κ2) is 9.30. The molecule has 0 fully saturated rings. The van der Waals surface area contributed by atoms with E-state index in [1.54, 1.807) is 36.5 Å². The maximum atomic E-state index is 12.2. The molecule has 0 saturated heterocycles. The van der Waals surface area contributed by atoms with Crippen LogP contribution in [0, 0.1) is 0 Å². The van der Waals surface area contributed by atoms with Gasteiger partial charge in [0.05, 0.1) is 38.8 Å². The van der Waals surface area contributed by atoms with Crippen molar-refractivity contribution < 1.29 is 24.1 Å². The fourth-order valence-electron chi connectivity index (χ4n) is 3.24. The summed E-state index contributed by atoms with van der Waals surface area (Å²) in [5.74, 6) is 0.244. The lowest BCUT2D eigenvalue weighted by molar-refractivity contribution is -0.130. The molecule has 0 unspecified atom stereocenters. The fourth-order valence-corrected chi connectivity index (χ4v) is 3.24. The van der Waals surface area contributed by atoms with Gasteiger partial charge in [-0.15, -0.1) is 0 Å². The van der Waals surface area contributed by atoms with Gasteiger partial charge in [0.15, 0.2) is 17.1 Å². The minimum absolute atomic E-state index is 0.0816. The van der Waals surface area contributed by atoms with Gasteiger partial charge >= 0.3 is 5.97 Å². The van der Waals surface area contributed by atoms with Crippen molar-refractivity contribution >= 4 is 23.3 Å². The predicted octanol–water partition coefficient (Wildman–Crippen LogP) is 3.72. The lowest BCUT2D eigenvalue weighted by Crippen LogP contribution is -2.09. The Morgan fingerprint density at radius 1 is 1.13 bits per heavy atom. The highest BCUT2D eigenvalue weighted by Gasteiger charge is 2.19. The first-order valence-corrected chi connectivity index (χ1v) is 9.61. The molecule has 158 valence electrons. The number of aliphatic carboxylic acids is 1. The van der Waals surface area contributed by atoms with Crippen molar-refractivity contribution in [1.82, 2.24) is 14.6 Å². The zero-order valence-corrected chi connectivity index (χ0v) is 17.5. The molecule has 3 rings (SSSR count). The smallest absolute Gasteiger partial charge is 0.337 e. The molecule has 2 aromatic heterocycles. The van der Waals surface area contributed by atoms with Gasteiger partial charge in [0.2, 0.25) is 5.75 Å². The molecule has 0 radical (unpaired) electrons. The third kappa shape index (κ3) is 4.22. The van der Waals surface area contributed by atoms with Crippen molar-refractivity contribution in [2.75, 3.05) is 21.3 Å². The molecule has 2 heterocycles. The van der Waals surface area contributed by atoms with Crippen LogP contribution in [0.4, 0.5) is 0 Å². The number of aromatic nitrogens is 3. The van der Waals surface area contributed by atoms with E-state index in [-0.39, 0.29) is 5.57 Å². The minimum atomic E-state index is -1.08. The number of hydrogen-bond acceptors (Lipinski definition) is 6. The topological polar surface area (TPSA) is 95.2 Å². The fraction of sp³-hybridized carbons (Fsp3) is 0.318. The molecule has 1 aromatic carbocycles. The molecular formula is C22H25N3O5. The normalized spacial score (nSPS) is 11.5. The number of methoxy groups -OCH3 is 3. The van der Waals surface area contributed by atoms with Gasteiger partial charge in [0.1, 0.15) is 0 Å². The second-order valence-electron chi connectivity index (χ2n) is 6.66. The molecule has 8 heteroatoms. The zero-order chi connectivity index (χ0) is 21.7. The van der Waals surface area contributed by atoms with Gasteiger partial charge in [-0.2, -0.15) is 5.10 Å². The lowest BCUT2D eigenvalue weighted by atomic mass is 10.0. The molecule has 8 nitrogen and oxygen atoms in total. The van der Waals surface area contributed by atoms with Crippen LogP contribution in [0.1, 0.15) is 36.7 Å². The number of fused-ring (bicyclic) bond motifs is 1. The number of carboxylic acids is 1. The summed E-state index contributed by atoms with van der Waals surface area (Å²) in [7, 11) is 4.54. The van der Waals surface area contributed by atoms with E-state index in [4.69, 9.17) is 14.2 Å². The van der Waals surface area contributed by atoms with E-state index >= 15 is 0 Å². The van der Waals surface area contributed by atoms with Crippen LogP contribution in [0.5, 0.6) is 17.2 Å². The Hall–Kier alpha value is -3.55. The van der Waals surface area contributed by atoms with Crippen LogP contribution < -0.4 is 14.2 Å². The lowest BCUT2D eigenvalue weighted by Gasteiger charge is -2.14. The largest absolute Gasteiger partial charge is 0.493 e. The van der Waals surface area contributed by atoms with Crippen molar-refractivity contribution in [3.05, 3.63) is 47.4 Å². The molecule has 0 saturated carbocycles. The quantitative estimate of drug-likeness (QED) is 0.536. The van der Waals surface area contributed by atoms with E-state index in [2.05, 4.69) is 17.0 Å². The van der Waals surface area contributed by atoms with E-state index in [9.17, 15) is 9.90 Å². The van der Waals surface area contributed by atoms with Gasteiger partial charge in [-0.1, -0.05) is 13.3 Å². The summed E-state index contributed by atoms with van der Waals surface area (Å²) in [6.45, 7) is 2.10.